The van der Waals surface area contributed by atoms with E-state index in [2.05, 4.69) is 0 Å². The Bertz CT molecular complexity index is 532. The van der Waals surface area contributed by atoms with Crippen LogP contribution in [0, 0.1) is 0 Å². The molecule has 1 aliphatic rings. The van der Waals surface area contributed by atoms with Crippen LogP contribution in [-0.2, 0) is 10.0 Å². The number of nitrogens with two attached hydrogens (primary N) is 1. The zero-order chi connectivity index (χ0) is 12.6. The van der Waals surface area contributed by atoms with Gasteiger partial charge in [-0.25, -0.2) is 8.42 Å². The molecule has 0 saturated carbocycles. The molecule has 2 rings (SSSR count). The van der Waals surface area contributed by atoms with Gasteiger partial charge in [-0.05, 0) is 24.3 Å². The molecule has 0 aliphatic carbocycles. The van der Waals surface area contributed by atoms with E-state index in [1.807, 2.05) is 0 Å². The molecule has 17 heavy (non-hydrogen) atoms. The average molecular weight is 256 g/mol. The maximum Gasteiger partial charge on any atom is 0.248 e. The number of aliphatic hydroxyl groups excluding tert-OH is 1. The van der Waals surface area contributed by atoms with Crippen LogP contribution in [0.15, 0.2) is 29.2 Å². The fourth-order valence-electron chi connectivity index (χ4n) is 1.55. The van der Waals surface area contributed by atoms with Gasteiger partial charge in [-0.15, -0.1) is 0 Å². The highest BCUT2D eigenvalue weighted by molar-refractivity contribution is 7.89. The van der Waals surface area contributed by atoms with Gasteiger partial charge in [-0.3, -0.25) is 4.79 Å². The number of carbonyl (C=O) groups is 1. The smallest absolute Gasteiger partial charge is 0.248 e. The summed E-state index contributed by atoms with van der Waals surface area (Å²) in [7, 11) is -3.56. The monoisotopic (exact) mass is 256 g/mol. The second-order valence-corrected chi connectivity index (χ2v) is 5.80. The quantitative estimate of drug-likeness (QED) is 0.735. The molecule has 6 nitrogen and oxygen atoms in total. The van der Waals surface area contributed by atoms with Crippen LogP contribution in [0.1, 0.15) is 10.4 Å². The molecule has 1 aliphatic heterocycles. The summed E-state index contributed by atoms with van der Waals surface area (Å²) in [5.41, 5.74) is 5.31. The average Bonchev–Trinajstić information content (AvgIpc) is 2.25. The Kier molecular flexibility index (Phi) is 2.90. The molecular weight excluding hydrogens is 244 g/mol. The maximum absolute atomic E-state index is 11.9. The number of hydrogen-bond acceptors (Lipinski definition) is 4. The third-order valence-corrected chi connectivity index (χ3v) is 4.45. The lowest BCUT2D eigenvalue weighted by molar-refractivity contribution is 0.0548. The standard InChI is InChI=1S/C10H12N2O4S/c11-10(14)7-1-3-9(4-2-7)17(15,16)12-5-8(13)6-12/h1-4,8,13H,5-6H2,(H2,11,14). The molecule has 0 spiro atoms. The summed E-state index contributed by atoms with van der Waals surface area (Å²) in [5.74, 6) is -0.603. The highest BCUT2D eigenvalue weighted by Gasteiger charge is 2.35. The molecule has 92 valence electrons. The van der Waals surface area contributed by atoms with Gasteiger partial charge in [0.15, 0.2) is 0 Å². The number of amides is 1. The van der Waals surface area contributed by atoms with Crippen LogP contribution >= 0.6 is 0 Å². The van der Waals surface area contributed by atoms with Gasteiger partial charge in [0.2, 0.25) is 15.9 Å². The van der Waals surface area contributed by atoms with Gasteiger partial charge < -0.3 is 10.8 Å². The maximum atomic E-state index is 11.9. The summed E-state index contributed by atoms with van der Waals surface area (Å²) in [6.07, 6.45) is -0.588. The number of β-amino-alcohol motifs (C(OH)–C–C–N with tert-alkyl or cyclic N) is 1. The number of sulfonamides is 1. The zero-order valence-electron chi connectivity index (χ0n) is 8.91. The summed E-state index contributed by atoms with van der Waals surface area (Å²) >= 11 is 0. The largest absolute Gasteiger partial charge is 0.390 e. The lowest BCUT2D eigenvalue weighted by Gasteiger charge is -2.34. The Morgan fingerprint density at radius 3 is 2.24 bits per heavy atom. The van der Waals surface area contributed by atoms with Crippen molar-refractivity contribution in [3.05, 3.63) is 29.8 Å². The fourth-order valence-corrected chi connectivity index (χ4v) is 3.07. The zero-order valence-corrected chi connectivity index (χ0v) is 9.72. The van der Waals surface area contributed by atoms with Crippen LogP contribution in [0.5, 0.6) is 0 Å². The van der Waals surface area contributed by atoms with Crippen molar-refractivity contribution in [2.45, 2.75) is 11.0 Å². The SMILES string of the molecule is NC(=O)c1ccc(S(=O)(=O)N2CC(O)C2)cc1. The van der Waals surface area contributed by atoms with Crippen molar-refractivity contribution >= 4 is 15.9 Å². The van der Waals surface area contributed by atoms with Crippen molar-refractivity contribution in [2.75, 3.05) is 13.1 Å². The first-order valence-electron chi connectivity index (χ1n) is 4.99. The number of rotatable bonds is 3. The van der Waals surface area contributed by atoms with E-state index in [0.29, 0.717) is 0 Å². The van der Waals surface area contributed by atoms with Gasteiger partial charge in [0, 0.05) is 18.7 Å². The van der Waals surface area contributed by atoms with Crippen LogP contribution in [0.4, 0.5) is 0 Å². The lowest BCUT2D eigenvalue weighted by Crippen LogP contribution is -2.53. The van der Waals surface area contributed by atoms with Crippen molar-refractivity contribution in [3.63, 3.8) is 0 Å². The third-order valence-electron chi connectivity index (χ3n) is 2.61. The number of nitrogens with zero attached hydrogens (tertiary/aromatic N) is 1. The molecule has 0 bridgehead atoms. The van der Waals surface area contributed by atoms with Crippen molar-refractivity contribution in [1.29, 1.82) is 0 Å². The fraction of sp³-hybridized carbons (Fsp3) is 0.300. The Balaban J connectivity index is 2.25. The van der Waals surface area contributed by atoms with Gasteiger partial charge in [0.1, 0.15) is 0 Å². The summed E-state index contributed by atoms with van der Waals surface area (Å²) in [6.45, 7) is 0.222. The molecule has 1 heterocycles. The molecule has 1 amide bonds. The predicted octanol–water partition coefficient (Wildman–Crippen LogP) is -0.849. The second-order valence-electron chi connectivity index (χ2n) is 3.86. The Hall–Kier alpha value is -1.44. The van der Waals surface area contributed by atoms with Gasteiger partial charge in [-0.2, -0.15) is 4.31 Å². The van der Waals surface area contributed by atoms with Crippen LogP contribution in [0.2, 0.25) is 0 Å². The Labute approximate surface area is 98.7 Å². The summed E-state index contributed by atoms with van der Waals surface area (Å²) in [5, 5.41) is 9.08. The normalized spacial score (nSPS) is 17.7. The first-order valence-corrected chi connectivity index (χ1v) is 6.43. The first-order chi connectivity index (χ1) is 7.91. The number of primary amides is 1. The highest BCUT2D eigenvalue weighted by atomic mass is 32.2. The molecule has 0 aromatic heterocycles. The second kappa shape index (κ2) is 4.10. The van der Waals surface area contributed by atoms with Gasteiger partial charge >= 0.3 is 0 Å². The lowest BCUT2D eigenvalue weighted by atomic mass is 10.2. The van der Waals surface area contributed by atoms with E-state index >= 15 is 0 Å². The van der Waals surface area contributed by atoms with Gasteiger partial charge in [0.05, 0.1) is 11.0 Å². The highest BCUT2D eigenvalue weighted by Crippen LogP contribution is 2.21. The number of benzene rings is 1. The Morgan fingerprint density at radius 1 is 1.29 bits per heavy atom. The van der Waals surface area contributed by atoms with Crippen LogP contribution in [0.3, 0.4) is 0 Å². The number of aliphatic hydroxyl groups is 1. The number of hydrogen-bond donors (Lipinski definition) is 2. The molecule has 1 aromatic carbocycles. The van der Waals surface area contributed by atoms with E-state index in [-0.39, 0.29) is 23.5 Å². The third kappa shape index (κ3) is 2.17. The van der Waals surface area contributed by atoms with Crippen molar-refractivity contribution in [3.8, 4) is 0 Å². The first kappa shape index (κ1) is 12.0. The minimum Gasteiger partial charge on any atom is -0.390 e. The molecule has 1 aromatic rings. The molecule has 0 radical (unpaired) electrons. The van der Waals surface area contributed by atoms with Crippen LogP contribution in [0.25, 0.3) is 0 Å². The van der Waals surface area contributed by atoms with Gasteiger partial charge in [-0.1, -0.05) is 0 Å². The van der Waals surface area contributed by atoms with E-state index in [9.17, 15) is 13.2 Å². The summed E-state index contributed by atoms with van der Waals surface area (Å²) < 4.78 is 25.1. The van der Waals surface area contributed by atoms with E-state index in [1.165, 1.54) is 28.6 Å². The van der Waals surface area contributed by atoms with Crippen molar-refractivity contribution < 1.29 is 18.3 Å². The molecule has 0 unspecified atom stereocenters. The molecule has 7 heteroatoms. The van der Waals surface area contributed by atoms with Crippen molar-refractivity contribution in [2.24, 2.45) is 5.73 Å². The minimum atomic E-state index is -3.56. The molecule has 3 N–H and O–H groups in total. The van der Waals surface area contributed by atoms with E-state index in [0.717, 1.165) is 0 Å². The molecule has 1 fully saturated rings. The Morgan fingerprint density at radius 2 is 1.82 bits per heavy atom. The van der Waals surface area contributed by atoms with E-state index in [4.69, 9.17) is 10.8 Å². The summed E-state index contributed by atoms with van der Waals surface area (Å²) in [6, 6.07) is 5.40. The summed E-state index contributed by atoms with van der Waals surface area (Å²) in [4.78, 5) is 10.9. The van der Waals surface area contributed by atoms with E-state index < -0.39 is 22.0 Å². The molecule has 0 atom stereocenters. The number of carbonyl (C=O) groups excluding carboxylic acids is 1. The molecule has 1 saturated heterocycles. The van der Waals surface area contributed by atoms with Crippen LogP contribution < -0.4 is 5.73 Å². The predicted molar refractivity (Wildman–Crippen MR) is 59.7 cm³/mol. The van der Waals surface area contributed by atoms with Crippen molar-refractivity contribution in [1.82, 2.24) is 4.31 Å². The van der Waals surface area contributed by atoms with Gasteiger partial charge in [0.25, 0.3) is 0 Å². The minimum absolute atomic E-state index is 0.0920. The van der Waals surface area contributed by atoms with Crippen LogP contribution in [-0.4, -0.2) is 42.9 Å². The van der Waals surface area contributed by atoms with E-state index in [1.54, 1.807) is 0 Å². The topological polar surface area (TPSA) is 101 Å². The molecular formula is C10H12N2O4S.